The van der Waals surface area contributed by atoms with Crippen molar-refractivity contribution >= 4 is 10.0 Å². The first kappa shape index (κ1) is 15.7. The Labute approximate surface area is 126 Å². The molecule has 0 radical (unpaired) electrons. The normalized spacial score (nSPS) is 13.4. The van der Waals surface area contributed by atoms with Crippen LogP contribution in [-0.4, -0.2) is 18.2 Å². The van der Waals surface area contributed by atoms with Crippen molar-refractivity contribution in [3.63, 3.8) is 0 Å². The number of benzene rings is 1. The van der Waals surface area contributed by atoms with E-state index in [4.69, 9.17) is 0 Å². The molecule has 1 unspecified atom stereocenters. The average molecular weight is 307 g/mol. The van der Waals surface area contributed by atoms with Crippen LogP contribution in [0.5, 0.6) is 0 Å². The maximum absolute atomic E-state index is 12.5. The van der Waals surface area contributed by atoms with Gasteiger partial charge in [-0.2, -0.15) is 5.10 Å². The quantitative estimate of drug-likeness (QED) is 0.943. The Morgan fingerprint density at radius 2 is 1.86 bits per heavy atom. The zero-order valence-electron chi connectivity index (χ0n) is 13.0. The lowest BCUT2D eigenvalue weighted by molar-refractivity contribution is 0.548. The highest BCUT2D eigenvalue weighted by Crippen LogP contribution is 2.23. The lowest BCUT2D eigenvalue weighted by Crippen LogP contribution is -2.29. The Kier molecular flexibility index (Phi) is 4.20. The third-order valence-electron chi connectivity index (χ3n) is 3.76. The van der Waals surface area contributed by atoms with Gasteiger partial charge in [-0.25, -0.2) is 13.1 Å². The van der Waals surface area contributed by atoms with Crippen LogP contribution < -0.4 is 4.72 Å². The second-order valence-corrected chi connectivity index (χ2v) is 7.02. The topological polar surface area (TPSA) is 64.0 Å². The largest absolute Gasteiger partial charge is 0.258 e. The molecule has 2 aromatic rings. The van der Waals surface area contributed by atoms with Gasteiger partial charge in [-0.3, -0.25) is 4.68 Å². The Morgan fingerprint density at radius 3 is 2.43 bits per heavy atom. The molecule has 0 bridgehead atoms. The van der Waals surface area contributed by atoms with Gasteiger partial charge in [0.1, 0.15) is 0 Å². The SMILES string of the molecule is Cc1cccc(C(C)NS(=O)(=O)c2c(C)cnn2C)c1C. The second-order valence-electron chi connectivity index (χ2n) is 5.39. The predicted molar refractivity (Wildman–Crippen MR) is 82.6 cm³/mol. The number of sulfonamides is 1. The molecule has 5 nitrogen and oxygen atoms in total. The first-order valence-corrected chi connectivity index (χ1v) is 8.29. The van der Waals surface area contributed by atoms with Crippen molar-refractivity contribution in [1.82, 2.24) is 14.5 Å². The van der Waals surface area contributed by atoms with Crippen LogP contribution in [0.1, 0.15) is 35.2 Å². The third kappa shape index (κ3) is 3.01. The van der Waals surface area contributed by atoms with Gasteiger partial charge in [-0.1, -0.05) is 18.2 Å². The van der Waals surface area contributed by atoms with Crippen LogP contribution in [-0.2, 0) is 17.1 Å². The van der Waals surface area contributed by atoms with Gasteiger partial charge >= 0.3 is 0 Å². The molecule has 21 heavy (non-hydrogen) atoms. The number of nitrogens with zero attached hydrogens (tertiary/aromatic N) is 2. The molecule has 0 aliphatic heterocycles. The van der Waals surface area contributed by atoms with E-state index in [1.807, 2.05) is 39.0 Å². The zero-order chi connectivity index (χ0) is 15.8. The summed E-state index contributed by atoms with van der Waals surface area (Å²) in [4.78, 5) is 0. The Bertz CT molecular complexity index is 744. The summed E-state index contributed by atoms with van der Waals surface area (Å²) in [5, 5.41) is 4.20. The summed E-state index contributed by atoms with van der Waals surface area (Å²) in [6.45, 7) is 7.62. The Balaban J connectivity index is 2.35. The third-order valence-corrected chi connectivity index (χ3v) is 5.51. The van der Waals surface area contributed by atoms with Gasteiger partial charge < -0.3 is 0 Å². The van der Waals surface area contributed by atoms with E-state index in [2.05, 4.69) is 9.82 Å². The fraction of sp³-hybridized carbons (Fsp3) is 0.400. The summed E-state index contributed by atoms with van der Waals surface area (Å²) in [5.41, 5.74) is 3.88. The molecular weight excluding hydrogens is 286 g/mol. The summed E-state index contributed by atoms with van der Waals surface area (Å²) >= 11 is 0. The number of hydrogen-bond donors (Lipinski definition) is 1. The van der Waals surface area contributed by atoms with E-state index in [9.17, 15) is 8.42 Å². The minimum absolute atomic E-state index is 0.208. The first-order valence-electron chi connectivity index (χ1n) is 6.81. The molecule has 1 N–H and O–H groups in total. The van der Waals surface area contributed by atoms with Crippen LogP contribution in [0.2, 0.25) is 0 Å². The van der Waals surface area contributed by atoms with Gasteiger partial charge in [0.25, 0.3) is 10.0 Å². The van der Waals surface area contributed by atoms with Crippen LogP contribution in [0.3, 0.4) is 0 Å². The van der Waals surface area contributed by atoms with E-state index in [1.165, 1.54) is 4.68 Å². The lowest BCUT2D eigenvalue weighted by atomic mass is 9.99. The highest BCUT2D eigenvalue weighted by Gasteiger charge is 2.24. The van der Waals surface area contributed by atoms with Crippen molar-refractivity contribution in [3.8, 4) is 0 Å². The van der Waals surface area contributed by atoms with E-state index in [-0.39, 0.29) is 11.1 Å². The first-order chi connectivity index (χ1) is 9.74. The molecule has 1 heterocycles. The lowest BCUT2D eigenvalue weighted by Gasteiger charge is -2.18. The van der Waals surface area contributed by atoms with Crippen LogP contribution in [0.25, 0.3) is 0 Å². The van der Waals surface area contributed by atoms with E-state index < -0.39 is 10.0 Å². The van der Waals surface area contributed by atoms with Gasteiger partial charge in [0.05, 0.1) is 6.20 Å². The number of aromatic nitrogens is 2. The van der Waals surface area contributed by atoms with Crippen molar-refractivity contribution in [2.24, 2.45) is 7.05 Å². The Morgan fingerprint density at radius 1 is 1.19 bits per heavy atom. The predicted octanol–water partition coefficient (Wildman–Crippen LogP) is 2.38. The summed E-state index contributed by atoms with van der Waals surface area (Å²) in [6, 6.07) is 5.61. The molecule has 0 amide bonds. The highest BCUT2D eigenvalue weighted by molar-refractivity contribution is 7.89. The molecule has 0 fully saturated rings. The molecule has 0 spiro atoms. The summed E-state index contributed by atoms with van der Waals surface area (Å²) in [7, 11) is -1.98. The molecule has 1 atom stereocenters. The van der Waals surface area contributed by atoms with Gasteiger partial charge in [0.15, 0.2) is 5.03 Å². The van der Waals surface area contributed by atoms with Crippen LogP contribution in [0.4, 0.5) is 0 Å². The smallest absolute Gasteiger partial charge is 0.256 e. The molecular formula is C15H21N3O2S. The molecule has 0 saturated carbocycles. The van der Waals surface area contributed by atoms with Gasteiger partial charge in [-0.05, 0) is 44.4 Å². The zero-order valence-corrected chi connectivity index (χ0v) is 13.8. The van der Waals surface area contributed by atoms with Gasteiger partial charge in [0, 0.05) is 18.7 Å². The van der Waals surface area contributed by atoms with E-state index in [0.717, 1.165) is 16.7 Å². The van der Waals surface area contributed by atoms with Crippen LogP contribution in [0.15, 0.2) is 29.4 Å². The van der Waals surface area contributed by atoms with Crippen molar-refractivity contribution in [2.45, 2.75) is 38.8 Å². The summed E-state index contributed by atoms with van der Waals surface area (Å²) in [5.74, 6) is 0. The maximum Gasteiger partial charge on any atom is 0.258 e. The highest BCUT2D eigenvalue weighted by atomic mass is 32.2. The standard InChI is InChI=1S/C15H21N3O2S/c1-10-7-6-8-14(12(10)3)13(4)17-21(19,20)15-11(2)9-16-18(15)5/h6-9,13,17H,1-5H3. The van der Waals surface area contributed by atoms with Crippen LogP contribution in [0, 0.1) is 20.8 Å². The number of nitrogens with one attached hydrogen (secondary N) is 1. The van der Waals surface area contributed by atoms with Crippen molar-refractivity contribution in [3.05, 3.63) is 46.6 Å². The van der Waals surface area contributed by atoms with Crippen molar-refractivity contribution in [1.29, 1.82) is 0 Å². The maximum atomic E-state index is 12.5. The summed E-state index contributed by atoms with van der Waals surface area (Å²) < 4.78 is 29.2. The minimum atomic E-state index is -3.60. The fourth-order valence-electron chi connectivity index (χ4n) is 2.52. The number of aryl methyl sites for hydroxylation is 3. The molecule has 1 aromatic carbocycles. The van der Waals surface area contributed by atoms with E-state index in [0.29, 0.717) is 5.56 Å². The van der Waals surface area contributed by atoms with E-state index >= 15 is 0 Å². The molecule has 2 rings (SSSR count). The van der Waals surface area contributed by atoms with Gasteiger partial charge in [-0.15, -0.1) is 0 Å². The minimum Gasteiger partial charge on any atom is -0.256 e. The average Bonchev–Trinajstić information content (AvgIpc) is 2.72. The number of hydrogen-bond acceptors (Lipinski definition) is 3. The molecule has 0 saturated heterocycles. The monoisotopic (exact) mass is 307 g/mol. The van der Waals surface area contributed by atoms with Crippen LogP contribution >= 0.6 is 0 Å². The second kappa shape index (κ2) is 5.61. The molecule has 0 aliphatic rings. The molecule has 1 aromatic heterocycles. The van der Waals surface area contributed by atoms with Crippen molar-refractivity contribution < 1.29 is 8.42 Å². The van der Waals surface area contributed by atoms with Crippen molar-refractivity contribution in [2.75, 3.05) is 0 Å². The summed E-state index contributed by atoms with van der Waals surface area (Å²) in [6.07, 6.45) is 1.55. The fourth-order valence-corrected chi connectivity index (χ4v) is 4.09. The number of rotatable bonds is 4. The molecule has 114 valence electrons. The Hall–Kier alpha value is -1.66. The molecule has 0 aliphatic carbocycles. The van der Waals surface area contributed by atoms with E-state index in [1.54, 1.807) is 20.2 Å². The molecule has 6 heteroatoms. The van der Waals surface area contributed by atoms with Gasteiger partial charge in [0.2, 0.25) is 0 Å².